The number of ether oxygens (including phenoxy) is 2. The fourth-order valence-corrected chi connectivity index (χ4v) is 2.64. The summed E-state index contributed by atoms with van der Waals surface area (Å²) >= 11 is 0. The van der Waals surface area contributed by atoms with Crippen LogP contribution in [0.25, 0.3) is 0 Å². The molecule has 0 radical (unpaired) electrons. The number of likely N-dealkylation sites (N-methyl/N-ethyl adjacent to an activating group) is 1. The molecule has 0 saturated carbocycles. The molecule has 0 aromatic heterocycles. The third kappa shape index (κ3) is 3.33. The number of rotatable bonds is 5. The zero-order valence-electron chi connectivity index (χ0n) is 13.4. The number of amides is 2. The van der Waals surface area contributed by atoms with Crippen molar-refractivity contribution in [1.29, 1.82) is 0 Å². The second-order valence-corrected chi connectivity index (χ2v) is 5.41. The van der Waals surface area contributed by atoms with Crippen LogP contribution in [0.4, 0.5) is 4.79 Å². The maximum Gasteiger partial charge on any atom is 0.317 e. The highest BCUT2D eigenvalue weighted by molar-refractivity contribution is 6.01. The van der Waals surface area contributed by atoms with E-state index in [9.17, 15) is 4.79 Å². The van der Waals surface area contributed by atoms with E-state index >= 15 is 0 Å². The van der Waals surface area contributed by atoms with Gasteiger partial charge in [0.2, 0.25) is 6.79 Å². The fourth-order valence-electron chi connectivity index (χ4n) is 2.64. The Morgan fingerprint density at radius 2 is 2.17 bits per heavy atom. The fraction of sp³-hybridized carbons (Fsp3) is 0.500. The molecular weight excluding hydrogens is 298 g/mol. The second kappa shape index (κ2) is 6.76. The Kier molecular flexibility index (Phi) is 4.55. The minimum Gasteiger partial charge on any atom is -0.454 e. The summed E-state index contributed by atoms with van der Waals surface area (Å²) < 4.78 is 10.7. The van der Waals surface area contributed by atoms with Gasteiger partial charge in [0.25, 0.3) is 0 Å². The van der Waals surface area contributed by atoms with E-state index in [1.807, 2.05) is 32.0 Å². The van der Waals surface area contributed by atoms with Crippen LogP contribution in [0.15, 0.2) is 23.4 Å². The van der Waals surface area contributed by atoms with Crippen LogP contribution in [0.2, 0.25) is 0 Å². The predicted molar refractivity (Wildman–Crippen MR) is 84.9 cm³/mol. The molecule has 1 aromatic rings. The van der Waals surface area contributed by atoms with Crippen LogP contribution in [-0.4, -0.2) is 49.2 Å². The average Bonchev–Trinajstić information content (AvgIpc) is 3.21. The molecule has 0 aliphatic carbocycles. The molecule has 1 N–H and O–H groups in total. The van der Waals surface area contributed by atoms with E-state index < -0.39 is 0 Å². The van der Waals surface area contributed by atoms with Crippen molar-refractivity contribution in [2.45, 2.75) is 26.4 Å². The van der Waals surface area contributed by atoms with Crippen molar-refractivity contribution >= 4 is 11.7 Å². The van der Waals surface area contributed by atoms with Gasteiger partial charge in [-0.05, 0) is 32.0 Å². The number of nitrogens with zero attached hydrogens (tertiary/aromatic N) is 2. The molecule has 2 heterocycles. The first-order chi connectivity index (χ1) is 11.2. The van der Waals surface area contributed by atoms with Crippen LogP contribution in [-0.2, 0) is 4.84 Å². The zero-order chi connectivity index (χ0) is 16.2. The maximum atomic E-state index is 11.9. The number of carbonyl (C=O) groups excluding carboxylic acids is 1. The van der Waals surface area contributed by atoms with E-state index in [1.54, 1.807) is 4.90 Å². The highest BCUT2D eigenvalue weighted by Gasteiger charge is 2.27. The molecule has 2 amide bonds. The van der Waals surface area contributed by atoms with Crippen LogP contribution in [0.1, 0.15) is 25.8 Å². The third-order valence-electron chi connectivity index (χ3n) is 3.86. The number of carbonyl (C=O) groups is 1. The van der Waals surface area contributed by atoms with Gasteiger partial charge >= 0.3 is 6.03 Å². The summed E-state index contributed by atoms with van der Waals surface area (Å²) in [5.74, 6) is 1.48. The predicted octanol–water partition coefficient (Wildman–Crippen LogP) is 1.96. The number of benzene rings is 1. The molecule has 0 spiro atoms. The monoisotopic (exact) mass is 319 g/mol. The Balaban J connectivity index is 1.60. The van der Waals surface area contributed by atoms with Crippen molar-refractivity contribution in [2.75, 3.05) is 26.4 Å². The van der Waals surface area contributed by atoms with Crippen molar-refractivity contribution in [3.05, 3.63) is 23.8 Å². The first-order valence-corrected chi connectivity index (χ1v) is 7.86. The molecular formula is C16H21N3O4. The molecule has 7 heteroatoms. The molecule has 2 aliphatic heterocycles. The average molecular weight is 319 g/mol. The van der Waals surface area contributed by atoms with Gasteiger partial charge in [-0.25, -0.2) is 4.79 Å². The summed E-state index contributed by atoms with van der Waals surface area (Å²) in [4.78, 5) is 19.2. The molecule has 0 bridgehead atoms. The molecule has 0 saturated heterocycles. The largest absolute Gasteiger partial charge is 0.454 e. The van der Waals surface area contributed by atoms with Crippen LogP contribution in [0, 0.1) is 0 Å². The Morgan fingerprint density at radius 1 is 1.35 bits per heavy atom. The quantitative estimate of drug-likeness (QED) is 0.900. The molecule has 1 unspecified atom stereocenters. The minimum atomic E-state index is -0.127. The van der Waals surface area contributed by atoms with Crippen molar-refractivity contribution in [2.24, 2.45) is 5.16 Å². The van der Waals surface area contributed by atoms with Gasteiger partial charge in [0.1, 0.15) is 0 Å². The second-order valence-electron chi connectivity index (χ2n) is 5.41. The molecule has 2 aliphatic rings. The lowest BCUT2D eigenvalue weighted by atomic mass is 10.0. The van der Waals surface area contributed by atoms with Crippen molar-refractivity contribution < 1.29 is 19.1 Å². The van der Waals surface area contributed by atoms with Gasteiger partial charge < -0.3 is 24.5 Å². The van der Waals surface area contributed by atoms with Gasteiger partial charge in [-0.3, -0.25) is 0 Å². The molecule has 124 valence electrons. The highest BCUT2D eigenvalue weighted by Crippen LogP contribution is 2.33. The molecule has 7 nitrogen and oxygen atoms in total. The van der Waals surface area contributed by atoms with Crippen molar-refractivity contribution in [1.82, 2.24) is 10.2 Å². The Hall–Kier alpha value is -2.44. The van der Waals surface area contributed by atoms with E-state index in [-0.39, 0.29) is 18.9 Å². The standard InChI is InChI=1S/C16H21N3O4/c1-3-17-16(20)19(4-2)9-12-8-13(18-23-12)11-5-6-14-15(7-11)22-10-21-14/h5-7,12H,3-4,8-10H2,1-2H3,(H,17,20). The third-order valence-corrected chi connectivity index (χ3v) is 3.86. The normalized spacial score (nSPS) is 18.3. The summed E-state index contributed by atoms with van der Waals surface area (Å²) in [5, 5.41) is 6.97. The first kappa shape index (κ1) is 15.5. The lowest BCUT2D eigenvalue weighted by Crippen LogP contribution is -2.43. The van der Waals surface area contributed by atoms with E-state index in [0.717, 1.165) is 22.8 Å². The summed E-state index contributed by atoms with van der Waals surface area (Å²) in [6.45, 7) is 5.86. The topological polar surface area (TPSA) is 72.4 Å². The van der Waals surface area contributed by atoms with Gasteiger partial charge in [-0.2, -0.15) is 0 Å². The number of urea groups is 1. The van der Waals surface area contributed by atoms with Crippen LogP contribution < -0.4 is 14.8 Å². The molecule has 0 fully saturated rings. The van der Waals surface area contributed by atoms with E-state index in [1.165, 1.54) is 0 Å². The van der Waals surface area contributed by atoms with E-state index in [2.05, 4.69) is 10.5 Å². The minimum absolute atomic E-state index is 0.0740. The van der Waals surface area contributed by atoms with Crippen molar-refractivity contribution in [3.8, 4) is 11.5 Å². The zero-order valence-corrected chi connectivity index (χ0v) is 13.4. The van der Waals surface area contributed by atoms with Crippen molar-refractivity contribution in [3.63, 3.8) is 0 Å². The number of fused-ring (bicyclic) bond motifs is 1. The Morgan fingerprint density at radius 3 is 2.96 bits per heavy atom. The van der Waals surface area contributed by atoms with E-state index in [0.29, 0.717) is 26.1 Å². The van der Waals surface area contributed by atoms with Gasteiger partial charge in [-0.1, -0.05) is 5.16 Å². The van der Waals surface area contributed by atoms with Crippen LogP contribution in [0.5, 0.6) is 11.5 Å². The van der Waals surface area contributed by atoms with Gasteiger partial charge in [0.05, 0.1) is 12.3 Å². The molecule has 1 atom stereocenters. The number of nitrogens with one attached hydrogen (secondary N) is 1. The van der Waals surface area contributed by atoms with E-state index in [4.69, 9.17) is 14.3 Å². The summed E-state index contributed by atoms with van der Waals surface area (Å²) in [7, 11) is 0. The van der Waals surface area contributed by atoms with Gasteiger partial charge in [0.15, 0.2) is 17.6 Å². The van der Waals surface area contributed by atoms with Crippen LogP contribution >= 0.6 is 0 Å². The van der Waals surface area contributed by atoms with Gasteiger partial charge in [0, 0.05) is 25.1 Å². The smallest absolute Gasteiger partial charge is 0.317 e. The lowest BCUT2D eigenvalue weighted by molar-refractivity contribution is 0.0617. The molecule has 23 heavy (non-hydrogen) atoms. The Labute approximate surface area is 135 Å². The lowest BCUT2D eigenvalue weighted by Gasteiger charge is -2.23. The summed E-state index contributed by atoms with van der Waals surface area (Å²) in [6.07, 6.45) is 0.535. The SMILES string of the molecule is CCNC(=O)N(CC)CC1CC(c2ccc3c(c2)OCO3)=NO1. The first-order valence-electron chi connectivity index (χ1n) is 7.86. The maximum absolute atomic E-state index is 11.9. The summed E-state index contributed by atoms with van der Waals surface area (Å²) in [5.41, 5.74) is 1.82. The number of hydrogen-bond acceptors (Lipinski definition) is 5. The highest BCUT2D eigenvalue weighted by atomic mass is 16.7. The Bertz CT molecular complexity index is 617. The van der Waals surface area contributed by atoms with Crippen LogP contribution in [0.3, 0.4) is 0 Å². The molecule has 1 aromatic carbocycles. The summed E-state index contributed by atoms with van der Waals surface area (Å²) in [6, 6.07) is 5.66. The number of oxime groups is 1. The van der Waals surface area contributed by atoms with Gasteiger partial charge in [-0.15, -0.1) is 0 Å². The molecule has 3 rings (SSSR count). The number of hydrogen-bond donors (Lipinski definition) is 1.